The van der Waals surface area contributed by atoms with Gasteiger partial charge in [-0.15, -0.1) is 11.6 Å². The number of ether oxygens (including phenoxy) is 2. The van der Waals surface area contributed by atoms with Crippen molar-refractivity contribution < 1.29 is 19.1 Å². The molecule has 4 rings (SSSR count). The zero-order valence-electron chi connectivity index (χ0n) is 16.2. The third kappa shape index (κ3) is 4.14. The number of anilines is 1. The fraction of sp³-hybridized carbons (Fsp3) is 0.174. The van der Waals surface area contributed by atoms with Crippen LogP contribution in [0, 0.1) is 5.92 Å². The number of hydrogen-bond donors (Lipinski definition) is 1. The second-order valence-electron chi connectivity index (χ2n) is 6.93. The van der Waals surface area contributed by atoms with Crippen LogP contribution in [-0.2, 0) is 4.79 Å². The fourth-order valence-corrected chi connectivity index (χ4v) is 3.39. The molecule has 6 nitrogen and oxygen atoms in total. The summed E-state index contributed by atoms with van der Waals surface area (Å²) in [6.07, 6.45) is 1.15. The van der Waals surface area contributed by atoms with E-state index < -0.39 is 0 Å². The van der Waals surface area contributed by atoms with Crippen LogP contribution in [0.5, 0.6) is 17.4 Å². The smallest absolute Gasteiger partial charge is 0.239 e. The maximum Gasteiger partial charge on any atom is 0.239 e. The number of nitrogens with one attached hydrogen (secondary N) is 1. The van der Waals surface area contributed by atoms with Gasteiger partial charge in [0.15, 0.2) is 5.78 Å². The summed E-state index contributed by atoms with van der Waals surface area (Å²) in [6.45, 7) is 1.87. The van der Waals surface area contributed by atoms with Crippen molar-refractivity contribution in [1.29, 1.82) is 0 Å². The van der Waals surface area contributed by atoms with Crippen LogP contribution >= 0.6 is 11.6 Å². The minimum absolute atomic E-state index is 0.00245. The molecular formula is C23H19ClN2O4. The number of fused-ring (bicyclic) bond motifs is 1. The first-order chi connectivity index (χ1) is 14.5. The van der Waals surface area contributed by atoms with Crippen LogP contribution in [0.15, 0.2) is 66.9 Å². The van der Waals surface area contributed by atoms with Crippen molar-refractivity contribution >= 4 is 29.0 Å². The average Bonchev–Trinajstić information content (AvgIpc) is 2.78. The number of halogens is 1. The molecule has 1 N–H and O–H groups in total. The molecule has 7 heteroatoms. The predicted octanol–water partition coefficient (Wildman–Crippen LogP) is 5.00. The number of carbonyl (C=O) groups excluding carboxylic acids is 2. The molecule has 0 radical (unpaired) electrons. The topological polar surface area (TPSA) is 77.5 Å². The molecule has 2 atom stereocenters. The lowest BCUT2D eigenvalue weighted by molar-refractivity contribution is -0.113. The van der Waals surface area contributed by atoms with Crippen LogP contribution in [0.25, 0.3) is 0 Å². The van der Waals surface area contributed by atoms with Crippen LogP contribution in [0.4, 0.5) is 5.69 Å². The Kier molecular flexibility index (Phi) is 5.68. The highest BCUT2D eigenvalue weighted by molar-refractivity contribution is 6.29. The van der Waals surface area contributed by atoms with Crippen LogP contribution in [0.3, 0.4) is 0 Å². The highest BCUT2D eigenvalue weighted by Crippen LogP contribution is 2.40. The van der Waals surface area contributed by atoms with Gasteiger partial charge in [0, 0.05) is 6.07 Å². The fourth-order valence-electron chi connectivity index (χ4n) is 3.32. The lowest BCUT2D eigenvalue weighted by Gasteiger charge is -2.31. The van der Waals surface area contributed by atoms with Crippen LogP contribution in [-0.4, -0.2) is 22.6 Å². The number of ketones is 1. The first-order valence-corrected chi connectivity index (χ1v) is 9.98. The van der Waals surface area contributed by atoms with E-state index in [1.54, 1.807) is 30.3 Å². The van der Waals surface area contributed by atoms with Gasteiger partial charge in [-0.2, -0.15) is 0 Å². The number of hydrogen-bond acceptors (Lipinski definition) is 5. The Balaban J connectivity index is 1.52. The van der Waals surface area contributed by atoms with E-state index in [-0.39, 0.29) is 29.6 Å². The quantitative estimate of drug-likeness (QED) is 0.585. The molecule has 1 aliphatic heterocycles. The molecule has 0 saturated carbocycles. The second kappa shape index (κ2) is 8.55. The number of benzene rings is 2. The van der Waals surface area contributed by atoms with Gasteiger partial charge < -0.3 is 14.8 Å². The van der Waals surface area contributed by atoms with E-state index >= 15 is 0 Å². The van der Waals surface area contributed by atoms with Gasteiger partial charge in [0.1, 0.15) is 23.5 Å². The molecule has 0 aliphatic carbocycles. The average molecular weight is 423 g/mol. The number of Topliss-reactive ketones (excluding diaryl/α,β-unsaturated/α-hetero) is 1. The van der Waals surface area contributed by atoms with Crippen molar-refractivity contribution in [2.24, 2.45) is 5.92 Å². The summed E-state index contributed by atoms with van der Waals surface area (Å²) in [5, 5.41) is 2.60. The second-order valence-corrected chi connectivity index (χ2v) is 7.20. The summed E-state index contributed by atoms with van der Waals surface area (Å²) in [5.41, 5.74) is 1.97. The Bertz CT molecular complexity index is 1070. The molecule has 2 aromatic carbocycles. The summed E-state index contributed by atoms with van der Waals surface area (Å²) >= 11 is 5.47. The van der Waals surface area contributed by atoms with Crippen LogP contribution < -0.4 is 14.8 Å². The Morgan fingerprint density at radius 1 is 1.17 bits per heavy atom. The Morgan fingerprint density at radius 2 is 1.97 bits per heavy atom. The van der Waals surface area contributed by atoms with E-state index in [0.717, 1.165) is 5.56 Å². The van der Waals surface area contributed by atoms with Crippen LogP contribution in [0.1, 0.15) is 28.9 Å². The summed E-state index contributed by atoms with van der Waals surface area (Å²) in [7, 11) is 0. The van der Waals surface area contributed by atoms with E-state index in [2.05, 4.69) is 10.3 Å². The highest BCUT2D eigenvalue weighted by atomic mass is 35.5. The van der Waals surface area contributed by atoms with E-state index in [1.807, 2.05) is 37.3 Å². The molecule has 1 aliphatic rings. The van der Waals surface area contributed by atoms with E-state index in [0.29, 0.717) is 28.6 Å². The summed E-state index contributed by atoms with van der Waals surface area (Å²) in [4.78, 5) is 28.5. The number of alkyl halides is 1. The van der Waals surface area contributed by atoms with E-state index in [4.69, 9.17) is 21.1 Å². The molecule has 1 aromatic heterocycles. The predicted molar refractivity (Wildman–Crippen MR) is 113 cm³/mol. The summed E-state index contributed by atoms with van der Waals surface area (Å²) in [5.74, 6) is 0.572. The van der Waals surface area contributed by atoms with Crippen LogP contribution in [0.2, 0.25) is 0 Å². The van der Waals surface area contributed by atoms with Gasteiger partial charge in [0.2, 0.25) is 11.8 Å². The van der Waals surface area contributed by atoms with Gasteiger partial charge in [-0.25, -0.2) is 4.98 Å². The molecule has 30 heavy (non-hydrogen) atoms. The number of aromatic nitrogens is 1. The maximum atomic E-state index is 13.0. The van der Waals surface area contributed by atoms with Crippen molar-refractivity contribution in [1.82, 2.24) is 4.98 Å². The minimum atomic E-state index is -0.324. The van der Waals surface area contributed by atoms with Gasteiger partial charge in [-0.05, 0) is 29.8 Å². The highest BCUT2D eigenvalue weighted by Gasteiger charge is 2.35. The van der Waals surface area contributed by atoms with Crippen molar-refractivity contribution in [2.75, 3.05) is 11.2 Å². The Hall–Kier alpha value is -3.38. The van der Waals surface area contributed by atoms with Gasteiger partial charge in [0.05, 0.1) is 23.4 Å². The zero-order chi connectivity index (χ0) is 21.1. The number of pyridine rings is 1. The van der Waals surface area contributed by atoms with Crippen molar-refractivity contribution in [3.8, 4) is 17.4 Å². The normalized spacial score (nSPS) is 17.6. The monoisotopic (exact) mass is 422 g/mol. The zero-order valence-corrected chi connectivity index (χ0v) is 16.9. The maximum absolute atomic E-state index is 13.0. The molecule has 1 amide bonds. The molecule has 0 fully saturated rings. The lowest BCUT2D eigenvalue weighted by Crippen LogP contribution is -2.29. The largest absolute Gasteiger partial charge is 0.484 e. The molecule has 0 saturated heterocycles. The number of amides is 1. The third-order valence-electron chi connectivity index (χ3n) is 4.83. The van der Waals surface area contributed by atoms with E-state index in [9.17, 15) is 9.59 Å². The first-order valence-electron chi connectivity index (χ1n) is 9.45. The first kappa shape index (κ1) is 19.9. The van der Waals surface area contributed by atoms with Crippen molar-refractivity contribution in [3.05, 3.63) is 78.0 Å². The molecule has 2 unspecified atom stereocenters. The third-order valence-corrected chi connectivity index (χ3v) is 5.07. The van der Waals surface area contributed by atoms with Gasteiger partial charge in [0.25, 0.3) is 0 Å². The SMILES string of the molecule is CC1C(=O)c2cc(Oc3ccc(NC(=O)CCl)cn3)ccc2OC1c1ccccc1. The molecular weight excluding hydrogens is 404 g/mol. The van der Waals surface area contributed by atoms with Gasteiger partial charge >= 0.3 is 0 Å². The van der Waals surface area contributed by atoms with Gasteiger partial charge in [-0.1, -0.05) is 37.3 Å². The number of carbonyl (C=O) groups is 2. The minimum Gasteiger partial charge on any atom is -0.484 e. The number of nitrogens with zero attached hydrogens (tertiary/aromatic N) is 1. The van der Waals surface area contributed by atoms with Gasteiger partial charge in [-0.3, -0.25) is 9.59 Å². The molecule has 0 bridgehead atoms. The Morgan fingerprint density at radius 3 is 2.67 bits per heavy atom. The summed E-state index contributed by atoms with van der Waals surface area (Å²) < 4.78 is 11.9. The molecule has 3 aromatic rings. The van der Waals surface area contributed by atoms with Crippen molar-refractivity contribution in [3.63, 3.8) is 0 Å². The summed E-state index contributed by atoms with van der Waals surface area (Å²) in [6, 6.07) is 18.1. The Labute approximate surface area is 178 Å². The molecule has 152 valence electrons. The lowest BCUT2D eigenvalue weighted by atomic mass is 9.87. The number of rotatable bonds is 5. The standard InChI is InChI=1S/C23H19ClN2O4/c1-14-22(28)18-11-17(29-21-10-7-16(13-25-21)26-20(27)12-24)8-9-19(18)30-23(14)15-5-3-2-4-6-15/h2-11,13-14,23H,12H2,1H3,(H,26,27). The molecule has 2 heterocycles. The molecule has 0 spiro atoms. The van der Waals surface area contributed by atoms with E-state index in [1.165, 1.54) is 6.20 Å². The van der Waals surface area contributed by atoms with Crippen molar-refractivity contribution in [2.45, 2.75) is 13.0 Å².